The van der Waals surface area contributed by atoms with Crippen LogP contribution in [0.5, 0.6) is 0 Å². The minimum absolute atomic E-state index is 0.261. The van der Waals surface area contributed by atoms with E-state index in [1.54, 1.807) is 0 Å². The van der Waals surface area contributed by atoms with Gasteiger partial charge in [0.15, 0.2) is 0 Å². The Kier molecular flexibility index (Phi) is 4.36. The molecule has 1 heterocycles. The molecule has 0 amide bonds. The topological polar surface area (TPSA) is 45.1 Å². The Morgan fingerprint density at radius 2 is 2.00 bits per heavy atom. The van der Waals surface area contributed by atoms with Crippen LogP contribution in [0.1, 0.15) is 51.1 Å². The van der Waals surface area contributed by atoms with Crippen LogP contribution in [0.4, 0.5) is 0 Å². The van der Waals surface area contributed by atoms with E-state index in [1.807, 2.05) is 24.5 Å². The minimum Gasteiger partial charge on any atom is -0.389 e. The monoisotopic (exact) mass is 248 g/mol. The van der Waals surface area contributed by atoms with Crippen LogP contribution < -0.4 is 5.32 Å². The van der Waals surface area contributed by atoms with E-state index in [0.717, 1.165) is 31.6 Å². The Bertz CT molecular complexity index is 358. The SMILES string of the molecule is CC1CCC(O)(CNC(C)c2ccncc2)CC1. The number of hydrogen-bond acceptors (Lipinski definition) is 3. The maximum Gasteiger partial charge on any atom is 0.0772 e. The molecule has 0 aromatic carbocycles. The molecule has 100 valence electrons. The van der Waals surface area contributed by atoms with Gasteiger partial charge in [0.1, 0.15) is 0 Å². The Balaban J connectivity index is 1.84. The van der Waals surface area contributed by atoms with Gasteiger partial charge >= 0.3 is 0 Å². The predicted molar refractivity (Wildman–Crippen MR) is 73.2 cm³/mol. The molecule has 1 fully saturated rings. The van der Waals surface area contributed by atoms with E-state index in [-0.39, 0.29) is 6.04 Å². The van der Waals surface area contributed by atoms with Crippen LogP contribution in [0, 0.1) is 5.92 Å². The Labute approximate surface area is 110 Å². The molecule has 1 saturated carbocycles. The van der Waals surface area contributed by atoms with Crippen molar-refractivity contribution in [3.63, 3.8) is 0 Å². The molecule has 0 radical (unpaired) electrons. The zero-order valence-corrected chi connectivity index (χ0v) is 11.4. The first kappa shape index (κ1) is 13.5. The maximum absolute atomic E-state index is 10.5. The van der Waals surface area contributed by atoms with Gasteiger partial charge < -0.3 is 10.4 Å². The second-order valence-electron chi connectivity index (χ2n) is 5.79. The number of nitrogens with one attached hydrogen (secondary N) is 1. The summed E-state index contributed by atoms with van der Waals surface area (Å²) in [6, 6.07) is 4.30. The van der Waals surface area contributed by atoms with Gasteiger partial charge in [-0.2, -0.15) is 0 Å². The van der Waals surface area contributed by atoms with Gasteiger partial charge in [-0.3, -0.25) is 4.98 Å². The van der Waals surface area contributed by atoms with Crippen LogP contribution >= 0.6 is 0 Å². The minimum atomic E-state index is -0.506. The number of aliphatic hydroxyl groups is 1. The molecular weight excluding hydrogens is 224 g/mol. The van der Waals surface area contributed by atoms with E-state index in [9.17, 15) is 5.11 Å². The molecule has 0 spiro atoms. The fourth-order valence-corrected chi connectivity index (χ4v) is 2.59. The van der Waals surface area contributed by atoms with Crippen molar-refractivity contribution < 1.29 is 5.11 Å². The fourth-order valence-electron chi connectivity index (χ4n) is 2.59. The van der Waals surface area contributed by atoms with E-state index in [1.165, 1.54) is 5.56 Å². The molecule has 1 aliphatic rings. The number of pyridine rings is 1. The second-order valence-corrected chi connectivity index (χ2v) is 5.79. The summed E-state index contributed by atoms with van der Waals surface area (Å²) in [6.45, 7) is 5.08. The third kappa shape index (κ3) is 3.53. The van der Waals surface area contributed by atoms with Gasteiger partial charge in [0, 0.05) is 25.0 Å². The third-order valence-corrected chi connectivity index (χ3v) is 4.15. The predicted octanol–water partition coefficient (Wildman–Crippen LogP) is 2.67. The summed E-state index contributed by atoms with van der Waals surface area (Å²) in [7, 11) is 0. The summed E-state index contributed by atoms with van der Waals surface area (Å²) in [5, 5.41) is 14.0. The van der Waals surface area contributed by atoms with E-state index in [2.05, 4.69) is 24.1 Å². The Morgan fingerprint density at radius 1 is 1.39 bits per heavy atom. The molecule has 3 heteroatoms. The van der Waals surface area contributed by atoms with Gasteiger partial charge in [-0.15, -0.1) is 0 Å². The van der Waals surface area contributed by atoms with E-state index < -0.39 is 5.60 Å². The molecule has 0 aliphatic heterocycles. The highest BCUT2D eigenvalue weighted by Crippen LogP contribution is 2.31. The van der Waals surface area contributed by atoms with Crippen molar-refractivity contribution >= 4 is 0 Å². The molecule has 1 aliphatic carbocycles. The quantitative estimate of drug-likeness (QED) is 0.861. The molecule has 1 unspecified atom stereocenters. The second kappa shape index (κ2) is 5.81. The van der Waals surface area contributed by atoms with Crippen LogP contribution in [0.25, 0.3) is 0 Å². The van der Waals surface area contributed by atoms with Crippen LogP contribution in [0.15, 0.2) is 24.5 Å². The first-order valence-electron chi connectivity index (χ1n) is 6.95. The molecule has 18 heavy (non-hydrogen) atoms. The van der Waals surface area contributed by atoms with Crippen molar-refractivity contribution in [2.45, 2.75) is 51.2 Å². The normalized spacial score (nSPS) is 30.1. The summed E-state index contributed by atoms with van der Waals surface area (Å²) < 4.78 is 0. The largest absolute Gasteiger partial charge is 0.389 e. The van der Waals surface area contributed by atoms with Crippen LogP contribution in [-0.4, -0.2) is 22.2 Å². The smallest absolute Gasteiger partial charge is 0.0772 e. The summed E-state index contributed by atoms with van der Waals surface area (Å²) in [5.41, 5.74) is 0.714. The van der Waals surface area contributed by atoms with Gasteiger partial charge in [-0.1, -0.05) is 6.92 Å². The zero-order valence-electron chi connectivity index (χ0n) is 11.4. The summed E-state index contributed by atoms with van der Waals surface area (Å²) in [6.07, 6.45) is 7.74. The summed E-state index contributed by atoms with van der Waals surface area (Å²) >= 11 is 0. The number of hydrogen-bond donors (Lipinski definition) is 2. The van der Waals surface area contributed by atoms with Gasteiger partial charge in [0.2, 0.25) is 0 Å². The van der Waals surface area contributed by atoms with Crippen LogP contribution in [0.3, 0.4) is 0 Å². The lowest BCUT2D eigenvalue weighted by Gasteiger charge is -2.36. The van der Waals surface area contributed by atoms with E-state index in [4.69, 9.17) is 0 Å². The van der Waals surface area contributed by atoms with Crippen molar-refractivity contribution in [1.29, 1.82) is 0 Å². The number of nitrogens with zero attached hydrogens (tertiary/aromatic N) is 1. The van der Waals surface area contributed by atoms with Gasteiger partial charge in [0.25, 0.3) is 0 Å². The highest BCUT2D eigenvalue weighted by Gasteiger charge is 2.31. The van der Waals surface area contributed by atoms with E-state index in [0.29, 0.717) is 6.54 Å². The van der Waals surface area contributed by atoms with Crippen molar-refractivity contribution in [2.75, 3.05) is 6.54 Å². The average Bonchev–Trinajstić information content (AvgIpc) is 2.41. The molecule has 3 nitrogen and oxygen atoms in total. The highest BCUT2D eigenvalue weighted by atomic mass is 16.3. The first-order valence-corrected chi connectivity index (χ1v) is 6.95. The fraction of sp³-hybridized carbons (Fsp3) is 0.667. The molecule has 1 aromatic rings. The lowest BCUT2D eigenvalue weighted by molar-refractivity contribution is -0.00783. The van der Waals surface area contributed by atoms with Crippen molar-refractivity contribution in [2.24, 2.45) is 5.92 Å². The molecule has 1 atom stereocenters. The lowest BCUT2D eigenvalue weighted by Crippen LogP contribution is -2.44. The van der Waals surface area contributed by atoms with Crippen molar-refractivity contribution in [3.05, 3.63) is 30.1 Å². The zero-order chi connectivity index (χ0) is 13.0. The maximum atomic E-state index is 10.5. The van der Waals surface area contributed by atoms with Crippen LogP contribution in [-0.2, 0) is 0 Å². The Morgan fingerprint density at radius 3 is 2.61 bits per heavy atom. The first-order chi connectivity index (χ1) is 8.59. The summed E-state index contributed by atoms with van der Waals surface area (Å²) in [5.74, 6) is 0.767. The number of aromatic nitrogens is 1. The molecular formula is C15H24N2O. The molecule has 0 saturated heterocycles. The van der Waals surface area contributed by atoms with Gasteiger partial charge in [-0.25, -0.2) is 0 Å². The van der Waals surface area contributed by atoms with Crippen molar-refractivity contribution in [3.8, 4) is 0 Å². The van der Waals surface area contributed by atoms with E-state index >= 15 is 0 Å². The van der Waals surface area contributed by atoms with Crippen molar-refractivity contribution in [1.82, 2.24) is 10.3 Å². The average molecular weight is 248 g/mol. The molecule has 0 bridgehead atoms. The van der Waals surface area contributed by atoms with Gasteiger partial charge in [0.05, 0.1) is 5.60 Å². The summed E-state index contributed by atoms with van der Waals surface area (Å²) in [4.78, 5) is 4.02. The lowest BCUT2D eigenvalue weighted by atomic mass is 9.79. The molecule has 1 aromatic heterocycles. The third-order valence-electron chi connectivity index (χ3n) is 4.15. The number of rotatable bonds is 4. The van der Waals surface area contributed by atoms with Gasteiger partial charge in [-0.05, 0) is 56.2 Å². The standard InChI is InChI=1S/C15H24N2O/c1-12-3-7-15(18,8-4-12)11-17-13(2)14-5-9-16-10-6-14/h5-6,9-10,12-13,17-18H,3-4,7-8,11H2,1-2H3. The molecule has 2 N–H and O–H groups in total. The van der Waals surface area contributed by atoms with Crippen LogP contribution in [0.2, 0.25) is 0 Å². The molecule has 2 rings (SSSR count). The highest BCUT2D eigenvalue weighted by molar-refractivity contribution is 5.14. The Hall–Kier alpha value is -0.930.